The lowest BCUT2D eigenvalue weighted by Crippen LogP contribution is -2.39. The first kappa shape index (κ1) is 17.0. The highest BCUT2D eigenvalue weighted by atomic mass is 16.2. The van der Waals surface area contributed by atoms with Gasteiger partial charge < -0.3 is 9.80 Å². The van der Waals surface area contributed by atoms with Crippen molar-refractivity contribution in [1.29, 1.82) is 0 Å². The van der Waals surface area contributed by atoms with Gasteiger partial charge in [-0.3, -0.25) is 4.79 Å². The summed E-state index contributed by atoms with van der Waals surface area (Å²) in [6.07, 6.45) is 3.24. The highest BCUT2D eigenvalue weighted by Gasteiger charge is 2.30. The van der Waals surface area contributed by atoms with Gasteiger partial charge in [-0.2, -0.15) is 0 Å². The number of amides is 1. The second kappa shape index (κ2) is 6.71. The first-order chi connectivity index (χ1) is 12.5. The Balaban J connectivity index is 1.68. The van der Waals surface area contributed by atoms with Gasteiger partial charge in [0.2, 0.25) is 5.95 Å². The molecule has 1 aromatic carbocycles. The largest absolute Gasteiger partial charge is 0.337 e. The van der Waals surface area contributed by atoms with Gasteiger partial charge in [-0.25, -0.2) is 9.97 Å². The number of carbonyl (C=O) groups is 1. The summed E-state index contributed by atoms with van der Waals surface area (Å²) in [6, 6.07) is 10.5. The molecule has 2 aliphatic rings. The number of para-hydroxylation sites is 1. The van der Waals surface area contributed by atoms with Crippen LogP contribution in [-0.2, 0) is 6.42 Å². The number of likely N-dealkylation sites (tertiary alicyclic amines) is 1. The van der Waals surface area contributed by atoms with E-state index in [0.29, 0.717) is 17.6 Å². The minimum Gasteiger partial charge on any atom is -0.337 e. The number of aromatic nitrogens is 2. The van der Waals surface area contributed by atoms with E-state index in [1.54, 1.807) is 0 Å². The summed E-state index contributed by atoms with van der Waals surface area (Å²) in [6.45, 7) is 7.97. The van der Waals surface area contributed by atoms with Gasteiger partial charge in [0, 0.05) is 30.5 Å². The Bertz CT molecular complexity index is 835. The normalized spacial score (nSPS) is 22.4. The van der Waals surface area contributed by atoms with Crippen molar-refractivity contribution >= 4 is 17.5 Å². The molecule has 0 saturated carbocycles. The van der Waals surface area contributed by atoms with Crippen LogP contribution in [0.5, 0.6) is 0 Å². The minimum absolute atomic E-state index is 0.0310. The Morgan fingerprint density at radius 1 is 1.19 bits per heavy atom. The fraction of sp³-hybridized carbons (Fsp3) is 0.476. The number of benzene rings is 1. The highest BCUT2D eigenvalue weighted by Crippen LogP contribution is 2.36. The van der Waals surface area contributed by atoms with Crippen LogP contribution in [0.3, 0.4) is 0 Å². The fourth-order valence-electron chi connectivity index (χ4n) is 4.18. The highest BCUT2D eigenvalue weighted by molar-refractivity contribution is 5.93. The van der Waals surface area contributed by atoms with Crippen molar-refractivity contribution in [3.63, 3.8) is 0 Å². The molecule has 0 N–H and O–H groups in total. The standard InChI is InChI=1S/C21H26N4O/c1-14-7-6-10-24(13-14)20(26)18-11-15(2)22-21(23-18)25-16(3)12-17-8-4-5-9-19(17)25/h4-5,8-9,11,14,16H,6-7,10,12-13H2,1-3H3. The zero-order valence-corrected chi connectivity index (χ0v) is 15.8. The summed E-state index contributed by atoms with van der Waals surface area (Å²) in [5, 5.41) is 0. The van der Waals surface area contributed by atoms with Gasteiger partial charge in [0.25, 0.3) is 5.91 Å². The number of fused-ring (bicyclic) bond motifs is 1. The van der Waals surface area contributed by atoms with E-state index in [1.165, 1.54) is 12.0 Å². The Kier molecular flexibility index (Phi) is 4.39. The van der Waals surface area contributed by atoms with Crippen molar-refractivity contribution in [1.82, 2.24) is 14.9 Å². The first-order valence-corrected chi connectivity index (χ1v) is 9.55. The third-order valence-electron chi connectivity index (χ3n) is 5.43. The van der Waals surface area contributed by atoms with Crippen LogP contribution in [-0.4, -0.2) is 39.9 Å². The SMILES string of the molecule is Cc1cc(C(=O)N2CCCC(C)C2)nc(N2c3ccccc3CC2C)n1. The molecule has 0 aliphatic carbocycles. The second-order valence-electron chi connectivity index (χ2n) is 7.74. The predicted octanol–water partition coefficient (Wildman–Crippen LogP) is 3.74. The van der Waals surface area contributed by atoms with Crippen molar-refractivity contribution < 1.29 is 4.79 Å². The quantitative estimate of drug-likeness (QED) is 0.828. The summed E-state index contributed by atoms with van der Waals surface area (Å²) in [4.78, 5) is 26.5. The summed E-state index contributed by atoms with van der Waals surface area (Å²) < 4.78 is 0. The Hall–Kier alpha value is -2.43. The molecule has 1 aromatic heterocycles. The maximum absolute atomic E-state index is 13.0. The van der Waals surface area contributed by atoms with E-state index in [1.807, 2.05) is 24.0 Å². The van der Waals surface area contributed by atoms with Gasteiger partial charge in [-0.15, -0.1) is 0 Å². The van der Waals surface area contributed by atoms with Crippen LogP contribution in [0.15, 0.2) is 30.3 Å². The molecular weight excluding hydrogens is 324 g/mol. The smallest absolute Gasteiger partial charge is 0.272 e. The number of hydrogen-bond donors (Lipinski definition) is 0. The topological polar surface area (TPSA) is 49.3 Å². The first-order valence-electron chi connectivity index (χ1n) is 9.55. The van der Waals surface area contributed by atoms with Crippen LogP contribution >= 0.6 is 0 Å². The van der Waals surface area contributed by atoms with E-state index in [0.717, 1.165) is 37.3 Å². The lowest BCUT2D eigenvalue weighted by atomic mass is 10.00. The third-order valence-corrected chi connectivity index (χ3v) is 5.43. The van der Waals surface area contributed by atoms with Crippen molar-refractivity contribution in [3.05, 3.63) is 47.3 Å². The summed E-state index contributed by atoms with van der Waals surface area (Å²) in [5.41, 5.74) is 3.80. The van der Waals surface area contributed by atoms with Crippen LogP contribution in [0.1, 0.15) is 48.4 Å². The van der Waals surface area contributed by atoms with Gasteiger partial charge in [-0.1, -0.05) is 25.1 Å². The molecule has 2 atom stereocenters. The Morgan fingerprint density at radius 3 is 2.81 bits per heavy atom. The number of carbonyl (C=O) groups excluding carboxylic acids is 1. The van der Waals surface area contributed by atoms with E-state index in [4.69, 9.17) is 0 Å². The van der Waals surface area contributed by atoms with Gasteiger partial charge >= 0.3 is 0 Å². The maximum Gasteiger partial charge on any atom is 0.272 e. The number of rotatable bonds is 2. The molecule has 1 amide bonds. The van der Waals surface area contributed by atoms with Gasteiger partial charge in [-0.05, 0) is 56.7 Å². The molecule has 136 valence electrons. The zero-order chi connectivity index (χ0) is 18.3. The van der Waals surface area contributed by atoms with Gasteiger partial charge in [0.05, 0.1) is 0 Å². The number of hydrogen-bond acceptors (Lipinski definition) is 4. The van der Waals surface area contributed by atoms with Crippen LogP contribution in [0, 0.1) is 12.8 Å². The van der Waals surface area contributed by atoms with E-state index in [-0.39, 0.29) is 11.9 Å². The van der Waals surface area contributed by atoms with Crippen LogP contribution < -0.4 is 4.90 Å². The molecule has 5 heteroatoms. The Labute approximate surface area is 155 Å². The average molecular weight is 350 g/mol. The molecule has 3 heterocycles. The van der Waals surface area contributed by atoms with Gasteiger partial charge in [0.1, 0.15) is 5.69 Å². The number of nitrogens with zero attached hydrogens (tertiary/aromatic N) is 4. The lowest BCUT2D eigenvalue weighted by molar-refractivity contribution is 0.0677. The lowest BCUT2D eigenvalue weighted by Gasteiger charge is -2.31. The second-order valence-corrected chi connectivity index (χ2v) is 7.74. The molecule has 2 aromatic rings. The van der Waals surface area contributed by atoms with Crippen molar-refractivity contribution in [2.24, 2.45) is 5.92 Å². The number of aryl methyl sites for hydroxylation is 1. The molecule has 0 spiro atoms. The van der Waals surface area contributed by atoms with E-state index in [2.05, 4.69) is 46.9 Å². The molecule has 1 saturated heterocycles. The third kappa shape index (κ3) is 3.06. The molecular formula is C21H26N4O. The molecule has 0 bridgehead atoms. The molecule has 5 nitrogen and oxygen atoms in total. The monoisotopic (exact) mass is 350 g/mol. The zero-order valence-electron chi connectivity index (χ0n) is 15.8. The molecule has 1 fully saturated rings. The molecule has 26 heavy (non-hydrogen) atoms. The summed E-state index contributed by atoms with van der Waals surface area (Å²) in [7, 11) is 0. The van der Waals surface area contributed by atoms with E-state index < -0.39 is 0 Å². The molecule has 2 unspecified atom stereocenters. The van der Waals surface area contributed by atoms with Crippen molar-refractivity contribution in [3.8, 4) is 0 Å². The van der Waals surface area contributed by atoms with Crippen molar-refractivity contribution in [2.75, 3.05) is 18.0 Å². The van der Waals surface area contributed by atoms with Crippen LogP contribution in [0.25, 0.3) is 0 Å². The Morgan fingerprint density at radius 2 is 2.00 bits per heavy atom. The van der Waals surface area contributed by atoms with Gasteiger partial charge in [0.15, 0.2) is 0 Å². The average Bonchev–Trinajstić information content (AvgIpc) is 2.96. The number of piperidine rings is 1. The van der Waals surface area contributed by atoms with E-state index in [9.17, 15) is 4.79 Å². The number of anilines is 2. The summed E-state index contributed by atoms with van der Waals surface area (Å²) in [5.74, 6) is 1.22. The molecule has 0 radical (unpaired) electrons. The van der Waals surface area contributed by atoms with E-state index >= 15 is 0 Å². The van der Waals surface area contributed by atoms with Crippen LogP contribution in [0.4, 0.5) is 11.6 Å². The van der Waals surface area contributed by atoms with Crippen LogP contribution in [0.2, 0.25) is 0 Å². The molecule has 2 aliphatic heterocycles. The molecule has 4 rings (SSSR count). The van der Waals surface area contributed by atoms with Crippen molar-refractivity contribution in [2.45, 2.75) is 46.1 Å². The maximum atomic E-state index is 13.0. The minimum atomic E-state index is 0.0310. The fourth-order valence-corrected chi connectivity index (χ4v) is 4.18. The predicted molar refractivity (Wildman–Crippen MR) is 103 cm³/mol. The summed E-state index contributed by atoms with van der Waals surface area (Å²) >= 11 is 0.